The molecule has 1 aliphatic heterocycles. The number of amides is 2. The zero-order valence-corrected chi connectivity index (χ0v) is 14.6. The highest BCUT2D eigenvalue weighted by Crippen LogP contribution is 2.46. The number of carbonyl (C=O) groups is 1. The third-order valence-corrected chi connectivity index (χ3v) is 4.42. The maximum Gasteiger partial charge on any atom is 0.335 e. The van der Waals surface area contributed by atoms with Gasteiger partial charge in [-0.15, -0.1) is 0 Å². The van der Waals surface area contributed by atoms with Gasteiger partial charge in [-0.25, -0.2) is 10.2 Å². The number of allylic oxidation sites excluding steroid dienone is 2. The van der Waals surface area contributed by atoms with Gasteiger partial charge in [0.15, 0.2) is 0 Å². The van der Waals surface area contributed by atoms with Crippen molar-refractivity contribution in [1.82, 2.24) is 10.7 Å². The second-order valence-electron chi connectivity index (χ2n) is 6.41. The van der Waals surface area contributed by atoms with Crippen molar-refractivity contribution in [2.24, 2.45) is 5.10 Å². The van der Waals surface area contributed by atoms with Gasteiger partial charge in [0.05, 0.1) is 12.8 Å². The van der Waals surface area contributed by atoms with Gasteiger partial charge in [-0.3, -0.25) is 0 Å². The number of rotatable bonds is 4. The fourth-order valence-corrected chi connectivity index (χ4v) is 3.13. The molecule has 1 aliphatic rings. The van der Waals surface area contributed by atoms with Crippen LogP contribution in [0.25, 0.3) is 0 Å². The minimum Gasteiger partial charge on any atom is -0.467 e. The smallest absolute Gasteiger partial charge is 0.335 e. The van der Waals surface area contributed by atoms with Crippen LogP contribution in [0.4, 0.5) is 10.5 Å². The van der Waals surface area contributed by atoms with Crippen molar-refractivity contribution >= 4 is 17.9 Å². The molecule has 2 N–H and O–H groups in total. The van der Waals surface area contributed by atoms with Gasteiger partial charge in [-0.05, 0) is 29.8 Å². The molecule has 0 unspecified atom stereocenters. The first-order chi connectivity index (χ1) is 12.0. The first kappa shape index (κ1) is 16.8. The minimum absolute atomic E-state index is 0.112. The summed E-state index contributed by atoms with van der Waals surface area (Å²) < 4.78 is 5.15. The topological polar surface area (TPSA) is 69.9 Å². The molecular formula is C19H22N4O2. The van der Waals surface area contributed by atoms with Crippen molar-refractivity contribution < 1.29 is 9.21 Å². The van der Waals surface area contributed by atoms with E-state index in [1.54, 1.807) is 24.6 Å². The molecule has 1 aromatic carbocycles. The fourth-order valence-electron chi connectivity index (χ4n) is 3.13. The molecule has 2 amide bonds. The van der Waals surface area contributed by atoms with E-state index in [1.165, 1.54) is 11.3 Å². The van der Waals surface area contributed by atoms with Gasteiger partial charge in [0, 0.05) is 30.1 Å². The second-order valence-corrected chi connectivity index (χ2v) is 6.41. The van der Waals surface area contributed by atoms with E-state index >= 15 is 0 Å². The average molecular weight is 338 g/mol. The molecule has 130 valence electrons. The Morgan fingerprint density at radius 1 is 1.28 bits per heavy atom. The molecule has 0 aliphatic carbocycles. The number of anilines is 1. The summed E-state index contributed by atoms with van der Waals surface area (Å²) in [5.74, 6) is 0.688. The Labute approximate surface area is 147 Å². The van der Waals surface area contributed by atoms with Gasteiger partial charge in [-0.1, -0.05) is 32.0 Å². The largest absolute Gasteiger partial charge is 0.467 e. The normalized spacial score (nSPS) is 17.1. The summed E-state index contributed by atoms with van der Waals surface area (Å²) in [6.45, 7) is 4.68. The molecule has 6 nitrogen and oxygen atoms in total. The Balaban J connectivity index is 1.60. The van der Waals surface area contributed by atoms with Crippen LogP contribution in [0, 0.1) is 0 Å². The summed E-state index contributed by atoms with van der Waals surface area (Å²) in [7, 11) is 2.04. The molecule has 0 atom stereocenters. The quantitative estimate of drug-likeness (QED) is 0.663. The molecule has 0 saturated carbocycles. The molecule has 0 bridgehead atoms. The lowest BCUT2D eigenvalue weighted by Crippen LogP contribution is -2.31. The minimum atomic E-state index is -0.381. The number of likely N-dealkylation sites (N-methyl/N-ethyl adjacent to an activating group) is 1. The fraction of sp³-hybridized carbons (Fsp3) is 0.263. The first-order valence-electron chi connectivity index (χ1n) is 8.13. The number of nitrogens with zero attached hydrogens (tertiary/aromatic N) is 2. The Morgan fingerprint density at radius 2 is 2.08 bits per heavy atom. The first-order valence-corrected chi connectivity index (χ1v) is 8.13. The van der Waals surface area contributed by atoms with E-state index in [-0.39, 0.29) is 11.4 Å². The number of hydrazone groups is 1. The Morgan fingerprint density at radius 3 is 2.80 bits per heavy atom. The van der Waals surface area contributed by atoms with E-state index in [0.29, 0.717) is 12.3 Å². The molecule has 2 aromatic rings. The molecule has 2 heterocycles. The SMILES string of the molecule is CN1C(=CC=NNC(=O)NCc2ccco2)C(C)(C)c2ccccc21. The molecule has 0 fully saturated rings. The number of hydrogen-bond donors (Lipinski definition) is 2. The third-order valence-electron chi connectivity index (χ3n) is 4.42. The lowest BCUT2D eigenvalue weighted by atomic mass is 9.84. The summed E-state index contributed by atoms with van der Waals surface area (Å²) in [4.78, 5) is 13.8. The Kier molecular flexibility index (Phi) is 4.61. The van der Waals surface area contributed by atoms with Crippen LogP contribution in [0.3, 0.4) is 0 Å². The molecule has 3 rings (SSSR count). The monoisotopic (exact) mass is 338 g/mol. The van der Waals surface area contributed by atoms with Crippen LogP contribution in [0.15, 0.2) is 64.0 Å². The van der Waals surface area contributed by atoms with E-state index in [2.05, 4.69) is 52.8 Å². The average Bonchev–Trinajstić information content (AvgIpc) is 3.18. The maximum absolute atomic E-state index is 11.7. The van der Waals surface area contributed by atoms with E-state index < -0.39 is 0 Å². The van der Waals surface area contributed by atoms with Crippen molar-refractivity contribution in [3.63, 3.8) is 0 Å². The summed E-state index contributed by atoms with van der Waals surface area (Å²) in [6.07, 6.45) is 5.09. The van der Waals surface area contributed by atoms with Gasteiger partial charge in [0.25, 0.3) is 0 Å². The summed E-state index contributed by atoms with van der Waals surface area (Å²) in [5, 5.41) is 6.64. The molecule has 6 heteroatoms. The summed E-state index contributed by atoms with van der Waals surface area (Å²) >= 11 is 0. The zero-order valence-electron chi connectivity index (χ0n) is 14.6. The van der Waals surface area contributed by atoms with Crippen molar-refractivity contribution in [1.29, 1.82) is 0 Å². The number of furan rings is 1. The van der Waals surface area contributed by atoms with Crippen molar-refractivity contribution in [3.05, 3.63) is 65.8 Å². The van der Waals surface area contributed by atoms with Gasteiger partial charge < -0.3 is 14.6 Å². The highest BCUT2D eigenvalue weighted by atomic mass is 16.3. The molecule has 0 spiro atoms. The lowest BCUT2D eigenvalue weighted by Gasteiger charge is -2.23. The number of benzene rings is 1. The van der Waals surface area contributed by atoms with Gasteiger partial charge in [0.1, 0.15) is 5.76 Å². The predicted octanol–water partition coefficient (Wildman–Crippen LogP) is 3.38. The van der Waals surface area contributed by atoms with Crippen LogP contribution < -0.4 is 15.6 Å². The standard InChI is InChI=1S/C19H22N4O2/c1-19(2)15-8-4-5-9-16(15)23(3)17(19)10-11-21-22-18(24)20-13-14-7-6-12-25-14/h4-12H,13H2,1-3H3,(H2,20,22,24). The molecular weight excluding hydrogens is 316 g/mol. The van der Waals surface area contributed by atoms with E-state index in [1.807, 2.05) is 19.2 Å². The number of hydrogen-bond acceptors (Lipinski definition) is 4. The third kappa shape index (κ3) is 3.42. The Hall–Kier alpha value is -3.02. The molecule has 0 radical (unpaired) electrons. The van der Waals surface area contributed by atoms with Gasteiger partial charge >= 0.3 is 6.03 Å². The maximum atomic E-state index is 11.7. The van der Waals surface area contributed by atoms with Crippen LogP contribution in [0.1, 0.15) is 25.2 Å². The number of fused-ring (bicyclic) bond motifs is 1. The number of carbonyl (C=O) groups excluding carboxylic acids is 1. The van der Waals surface area contributed by atoms with Crippen LogP contribution in [-0.2, 0) is 12.0 Å². The summed E-state index contributed by atoms with van der Waals surface area (Å²) in [6, 6.07) is 11.5. The van der Waals surface area contributed by atoms with Crippen LogP contribution >= 0.6 is 0 Å². The van der Waals surface area contributed by atoms with E-state index in [4.69, 9.17) is 4.42 Å². The van der Waals surface area contributed by atoms with Crippen molar-refractivity contribution in [2.75, 3.05) is 11.9 Å². The lowest BCUT2D eigenvalue weighted by molar-refractivity contribution is 0.240. The predicted molar refractivity (Wildman–Crippen MR) is 98.5 cm³/mol. The second kappa shape index (κ2) is 6.84. The van der Waals surface area contributed by atoms with E-state index in [0.717, 1.165) is 5.70 Å². The Bertz CT molecular complexity index is 807. The van der Waals surface area contributed by atoms with Crippen LogP contribution in [0.5, 0.6) is 0 Å². The summed E-state index contributed by atoms with van der Waals surface area (Å²) in [5.41, 5.74) is 5.93. The highest BCUT2D eigenvalue weighted by Gasteiger charge is 2.37. The van der Waals surface area contributed by atoms with Crippen molar-refractivity contribution in [2.45, 2.75) is 25.8 Å². The van der Waals surface area contributed by atoms with Crippen LogP contribution in [-0.4, -0.2) is 19.3 Å². The van der Waals surface area contributed by atoms with Gasteiger partial charge in [-0.2, -0.15) is 5.10 Å². The number of para-hydroxylation sites is 1. The molecule has 1 aromatic heterocycles. The molecule has 25 heavy (non-hydrogen) atoms. The van der Waals surface area contributed by atoms with Crippen molar-refractivity contribution in [3.8, 4) is 0 Å². The highest BCUT2D eigenvalue weighted by molar-refractivity contribution is 5.81. The van der Waals surface area contributed by atoms with E-state index in [9.17, 15) is 4.79 Å². The van der Waals surface area contributed by atoms with Crippen LogP contribution in [0.2, 0.25) is 0 Å². The zero-order chi connectivity index (χ0) is 17.9. The number of urea groups is 1. The van der Waals surface area contributed by atoms with Gasteiger partial charge in [0.2, 0.25) is 0 Å². The molecule has 0 saturated heterocycles. The number of nitrogens with one attached hydrogen (secondary N) is 2.